The minimum Gasteiger partial charge on any atom is -0.395 e. The second kappa shape index (κ2) is 10.6. The maximum Gasteiger partial charge on any atom is 0.222 e. The predicted octanol–water partition coefficient (Wildman–Crippen LogP) is 4.00. The fourth-order valence-electron chi connectivity index (χ4n) is 3.18. The first-order valence-electron chi connectivity index (χ1n) is 9.86. The molecule has 5 nitrogen and oxygen atoms in total. The Kier molecular flexibility index (Phi) is 7.67. The fourth-order valence-corrected chi connectivity index (χ4v) is 3.18. The number of benzene rings is 2. The van der Waals surface area contributed by atoms with Crippen molar-refractivity contribution in [1.82, 2.24) is 14.9 Å². The third kappa shape index (κ3) is 6.34. The van der Waals surface area contributed by atoms with Crippen molar-refractivity contribution in [3.63, 3.8) is 0 Å². The number of rotatable bonds is 10. The standard InChI is InChI=1S/C23H27FN4O/c1-2-22(17-29)28(15-19-8-10-21(24)11-9-19)16-20-13-26-23(27-14-20)25-12-18-6-4-3-5-7-18/h3-11,13-14,22,29H,2,12,15-17H2,1H3,(H,25,26,27)/t22-/m1/s1. The molecule has 29 heavy (non-hydrogen) atoms. The zero-order chi connectivity index (χ0) is 20.5. The molecule has 0 aliphatic rings. The van der Waals surface area contributed by atoms with E-state index in [0.29, 0.717) is 25.6 Å². The summed E-state index contributed by atoms with van der Waals surface area (Å²) in [5, 5.41) is 13.0. The average molecular weight is 394 g/mol. The largest absolute Gasteiger partial charge is 0.395 e. The summed E-state index contributed by atoms with van der Waals surface area (Å²) in [6.45, 7) is 4.00. The van der Waals surface area contributed by atoms with Gasteiger partial charge in [0.25, 0.3) is 0 Å². The predicted molar refractivity (Wildman–Crippen MR) is 113 cm³/mol. The molecule has 2 N–H and O–H groups in total. The van der Waals surface area contributed by atoms with Crippen molar-refractivity contribution in [2.75, 3.05) is 11.9 Å². The van der Waals surface area contributed by atoms with Crippen molar-refractivity contribution in [2.24, 2.45) is 0 Å². The van der Waals surface area contributed by atoms with E-state index in [1.165, 1.54) is 17.7 Å². The molecule has 0 fully saturated rings. The van der Waals surface area contributed by atoms with Gasteiger partial charge in [0.2, 0.25) is 5.95 Å². The summed E-state index contributed by atoms with van der Waals surface area (Å²) < 4.78 is 13.2. The van der Waals surface area contributed by atoms with E-state index in [4.69, 9.17) is 0 Å². The SMILES string of the molecule is CC[C@H](CO)N(Cc1ccc(F)cc1)Cc1cnc(NCc2ccccc2)nc1. The maximum absolute atomic E-state index is 13.2. The first-order chi connectivity index (χ1) is 14.2. The lowest BCUT2D eigenvalue weighted by atomic mass is 10.1. The van der Waals surface area contributed by atoms with E-state index in [9.17, 15) is 9.50 Å². The Morgan fingerprint density at radius 2 is 1.59 bits per heavy atom. The Labute approximate surface area is 171 Å². The van der Waals surface area contributed by atoms with E-state index in [1.807, 2.05) is 37.5 Å². The van der Waals surface area contributed by atoms with Crippen LogP contribution in [0, 0.1) is 5.82 Å². The van der Waals surface area contributed by atoms with E-state index in [1.54, 1.807) is 12.1 Å². The van der Waals surface area contributed by atoms with Crippen LogP contribution in [0.25, 0.3) is 0 Å². The zero-order valence-corrected chi connectivity index (χ0v) is 16.6. The Hall–Kier alpha value is -2.83. The topological polar surface area (TPSA) is 61.3 Å². The lowest BCUT2D eigenvalue weighted by molar-refractivity contribution is 0.106. The maximum atomic E-state index is 13.2. The average Bonchev–Trinajstić information content (AvgIpc) is 2.76. The lowest BCUT2D eigenvalue weighted by Gasteiger charge is -2.29. The van der Waals surface area contributed by atoms with Gasteiger partial charge in [0, 0.05) is 43.6 Å². The van der Waals surface area contributed by atoms with Crippen LogP contribution in [0.15, 0.2) is 67.0 Å². The summed E-state index contributed by atoms with van der Waals surface area (Å²) in [7, 11) is 0. The number of nitrogens with zero attached hydrogens (tertiary/aromatic N) is 3. The summed E-state index contributed by atoms with van der Waals surface area (Å²) in [6, 6.07) is 16.6. The summed E-state index contributed by atoms with van der Waals surface area (Å²) in [5.41, 5.74) is 3.13. The van der Waals surface area contributed by atoms with E-state index >= 15 is 0 Å². The smallest absolute Gasteiger partial charge is 0.222 e. The van der Waals surface area contributed by atoms with Gasteiger partial charge in [-0.3, -0.25) is 4.90 Å². The molecule has 0 radical (unpaired) electrons. The normalized spacial score (nSPS) is 12.1. The van der Waals surface area contributed by atoms with Crippen LogP contribution in [0.2, 0.25) is 0 Å². The number of hydrogen-bond donors (Lipinski definition) is 2. The van der Waals surface area contributed by atoms with E-state index < -0.39 is 0 Å². The molecule has 1 aromatic heterocycles. The highest BCUT2D eigenvalue weighted by molar-refractivity contribution is 5.28. The molecule has 3 rings (SSSR count). The van der Waals surface area contributed by atoms with Crippen LogP contribution in [-0.2, 0) is 19.6 Å². The van der Waals surface area contributed by atoms with E-state index in [0.717, 1.165) is 17.5 Å². The van der Waals surface area contributed by atoms with Crippen molar-refractivity contribution >= 4 is 5.95 Å². The molecular weight excluding hydrogens is 367 g/mol. The first-order valence-corrected chi connectivity index (χ1v) is 9.86. The Balaban J connectivity index is 1.64. The number of nitrogens with one attached hydrogen (secondary N) is 1. The summed E-state index contributed by atoms with van der Waals surface area (Å²) >= 11 is 0. The lowest BCUT2D eigenvalue weighted by Crippen LogP contribution is -2.36. The molecule has 0 bridgehead atoms. The molecule has 2 aromatic carbocycles. The van der Waals surface area contributed by atoms with Crippen molar-refractivity contribution in [2.45, 2.75) is 39.0 Å². The number of aromatic nitrogens is 2. The number of anilines is 1. The van der Waals surface area contributed by atoms with Gasteiger partial charge in [0.1, 0.15) is 5.82 Å². The monoisotopic (exact) mass is 394 g/mol. The van der Waals surface area contributed by atoms with Crippen LogP contribution in [0.3, 0.4) is 0 Å². The van der Waals surface area contributed by atoms with Crippen molar-refractivity contribution in [3.8, 4) is 0 Å². The molecule has 0 unspecified atom stereocenters. The van der Waals surface area contributed by atoms with Gasteiger partial charge in [-0.05, 0) is 29.7 Å². The van der Waals surface area contributed by atoms with Crippen LogP contribution >= 0.6 is 0 Å². The summed E-state index contributed by atoms with van der Waals surface area (Å²) in [4.78, 5) is 11.0. The zero-order valence-electron chi connectivity index (χ0n) is 16.6. The number of hydrogen-bond acceptors (Lipinski definition) is 5. The van der Waals surface area contributed by atoms with Crippen LogP contribution in [0.5, 0.6) is 0 Å². The molecule has 1 heterocycles. The number of aliphatic hydroxyl groups is 1. The molecule has 6 heteroatoms. The molecule has 0 amide bonds. The van der Waals surface area contributed by atoms with Gasteiger partial charge >= 0.3 is 0 Å². The molecule has 0 spiro atoms. The molecule has 0 saturated heterocycles. The van der Waals surface area contributed by atoms with Crippen LogP contribution < -0.4 is 5.32 Å². The molecule has 0 aliphatic heterocycles. The quantitative estimate of drug-likeness (QED) is 0.544. The number of aliphatic hydroxyl groups excluding tert-OH is 1. The van der Waals surface area contributed by atoms with Crippen molar-refractivity contribution in [3.05, 3.63) is 89.5 Å². The molecule has 1 atom stereocenters. The molecule has 3 aromatic rings. The highest BCUT2D eigenvalue weighted by atomic mass is 19.1. The molecule has 152 valence electrons. The fraction of sp³-hybridized carbons (Fsp3) is 0.304. The Bertz CT molecular complexity index is 852. The van der Waals surface area contributed by atoms with Gasteiger partial charge in [-0.15, -0.1) is 0 Å². The van der Waals surface area contributed by atoms with Crippen LogP contribution in [0.1, 0.15) is 30.0 Å². The number of halogens is 1. The second-order valence-electron chi connectivity index (χ2n) is 7.03. The van der Waals surface area contributed by atoms with E-state index in [-0.39, 0.29) is 18.5 Å². The van der Waals surface area contributed by atoms with Gasteiger partial charge in [-0.25, -0.2) is 14.4 Å². The van der Waals surface area contributed by atoms with Crippen LogP contribution in [0.4, 0.5) is 10.3 Å². The highest BCUT2D eigenvalue weighted by Gasteiger charge is 2.17. The van der Waals surface area contributed by atoms with Crippen molar-refractivity contribution in [1.29, 1.82) is 0 Å². The van der Waals surface area contributed by atoms with Gasteiger partial charge in [0.15, 0.2) is 0 Å². The Morgan fingerprint density at radius 1 is 0.931 bits per heavy atom. The van der Waals surface area contributed by atoms with Gasteiger partial charge in [0.05, 0.1) is 6.61 Å². The van der Waals surface area contributed by atoms with E-state index in [2.05, 4.69) is 32.3 Å². The molecular formula is C23H27FN4O. The second-order valence-corrected chi connectivity index (χ2v) is 7.03. The first kappa shape index (κ1) is 20.9. The van der Waals surface area contributed by atoms with Crippen molar-refractivity contribution < 1.29 is 9.50 Å². The minimum atomic E-state index is -0.249. The minimum absolute atomic E-state index is 0.0101. The summed E-state index contributed by atoms with van der Waals surface area (Å²) in [5.74, 6) is 0.332. The van der Waals surface area contributed by atoms with Gasteiger partial charge < -0.3 is 10.4 Å². The molecule has 0 aliphatic carbocycles. The van der Waals surface area contributed by atoms with Gasteiger partial charge in [-0.2, -0.15) is 0 Å². The third-order valence-electron chi connectivity index (χ3n) is 4.88. The molecule has 0 saturated carbocycles. The van der Waals surface area contributed by atoms with Gasteiger partial charge in [-0.1, -0.05) is 49.4 Å². The highest BCUT2D eigenvalue weighted by Crippen LogP contribution is 2.16. The summed E-state index contributed by atoms with van der Waals surface area (Å²) in [6.07, 6.45) is 4.43. The van der Waals surface area contributed by atoms with Crippen LogP contribution in [-0.4, -0.2) is 32.6 Å². The third-order valence-corrected chi connectivity index (χ3v) is 4.88. The Morgan fingerprint density at radius 3 is 2.21 bits per heavy atom.